The molecule has 0 saturated carbocycles. The Bertz CT molecular complexity index is 784. The first-order chi connectivity index (χ1) is 11.2. The number of ether oxygens (including phenoxy) is 1. The molecule has 23 heavy (non-hydrogen) atoms. The van der Waals surface area contributed by atoms with Crippen LogP contribution in [0.3, 0.4) is 0 Å². The van der Waals surface area contributed by atoms with Gasteiger partial charge in [0.05, 0.1) is 10.2 Å². The molecule has 1 aromatic heterocycles. The number of benzene rings is 2. The van der Waals surface area contributed by atoms with E-state index in [-0.39, 0.29) is 18.3 Å². The molecule has 6 heteroatoms. The number of fused-ring (bicyclic) bond motifs is 1. The molecule has 0 fully saturated rings. The smallest absolute Gasteiger partial charge is 0.266 e. The summed E-state index contributed by atoms with van der Waals surface area (Å²) in [5.74, 6) is -0.0654. The normalized spacial score (nSPS) is 10.7. The number of hydrogen-bond donors (Lipinski definition) is 0. The third-order valence-corrected chi connectivity index (χ3v) is 4.37. The van der Waals surface area contributed by atoms with Gasteiger partial charge in [0, 0.05) is 6.54 Å². The lowest BCUT2D eigenvalue weighted by Crippen LogP contribution is -2.34. The molecule has 1 amide bonds. The number of rotatable bonds is 5. The molecule has 0 atom stereocenters. The molecule has 0 aliphatic rings. The maximum absolute atomic E-state index is 12.9. The fraction of sp³-hybridized carbons (Fsp3) is 0.176. The van der Waals surface area contributed by atoms with Crippen molar-refractivity contribution in [3.05, 3.63) is 54.3 Å². The molecule has 0 radical (unpaired) electrons. The number of anilines is 1. The summed E-state index contributed by atoms with van der Waals surface area (Å²) in [5.41, 5.74) is 0.873. The summed E-state index contributed by atoms with van der Waals surface area (Å²) in [6.07, 6.45) is 0. The number of carbonyl (C=O) groups excluding carboxylic acids is 1. The topological polar surface area (TPSA) is 42.4 Å². The van der Waals surface area contributed by atoms with E-state index in [9.17, 15) is 9.18 Å². The van der Waals surface area contributed by atoms with Crippen LogP contribution in [0.2, 0.25) is 0 Å². The molecule has 0 unspecified atom stereocenters. The predicted octanol–water partition coefficient (Wildman–Crippen LogP) is 3.87. The van der Waals surface area contributed by atoms with E-state index in [1.165, 1.54) is 35.6 Å². The van der Waals surface area contributed by atoms with Crippen LogP contribution >= 0.6 is 11.3 Å². The quantitative estimate of drug-likeness (QED) is 0.713. The van der Waals surface area contributed by atoms with Crippen molar-refractivity contribution in [3.8, 4) is 5.75 Å². The van der Waals surface area contributed by atoms with Crippen LogP contribution < -0.4 is 9.64 Å². The van der Waals surface area contributed by atoms with Crippen LogP contribution in [0.4, 0.5) is 9.52 Å². The van der Waals surface area contributed by atoms with Crippen LogP contribution in [0.1, 0.15) is 6.92 Å². The van der Waals surface area contributed by atoms with Crippen LogP contribution in [0.25, 0.3) is 10.2 Å². The van der Waals surface area contributed by atoms with Gasteiger partial charge in [-0.1, -0.05) is 23.5 Å². The summed E-state index contributed by atoms with van der Waals surface area (Å²) < 4.78 is 19.3. The zero-order chi connectivity index (χ0) is 16.2. The second kappa shape index (κ2) is 6.75. The summed E-state index contributed by atoms with van der Waals surface area (Å²) in [4.78, 5) is 18.5. The minimum atomic E-state index is -0.340. The molecule has 3 aromatic rings. The Labute approximate surface area is 137 Å². The van der Waals surface area contributed by atoms with Gasteiger partial charge in [0.25, 0.3) is 5.91 Å². The number of likely N-dealkylation sites (N-methyl/N-ethyl adjacent to an activating group) is 1. The highest BCUT2D eigenvalue weighted by atomic mass is 32.1. The molecule has 0 aliphatic carbocycles. The minimum absolute atomic E-state index is 0.116. The lowest BCUT2D eigenvalue weighted by atomic mass is 10.3. The summed E-state index contributed by atoms with van der Waals surface area (Å²) in [6.45, 7) is 2.28. The van der Waals surface area contributed by atoms with Crippen molar-refractivity contribution in [1.29, 1.82) is 0 Å². The third kappa shape index (κ3) is 3.48. The summed E-state index contributed by atoms with van der Waals surface area (Å²) in [7, 11) is 0. The molecule has 0 aliphatic heterocycles. The van der Waals surface area contributed by atoms with Gasteiger partial charge in [-0.25, -0.2) is 9.37 Å². The van der Waals surface area contributed by atoms with Gasteiger partial charge in [0.2, 0.25) is 0 Å². The Morgan fingerprint density at radius 1 is 1.22 bits per heavy atom. The summed E-state index contributed by atoms with van der Waals surface area (Å²) >= 11 is 1.47. The van der Waals surface area contributed by atoms with Crippen molar-refractivity contribution in [1.82, 2.24) is 4.98 Å². The molecule has 0 spiro atoms. The Morgan fingerprint density at radius 2 is 1.96 bits per heavy atom. The van der Waals surface area contributed by atoms with Crippen molar-refractivity contribution in [2.45, 2.75) is 6.92 Å². The average molecular weight is 330 g/mol. The Morgan fingerprint density at radius 3 is 2.65 bits per heavy atom. The van der Waals surface area contributed by atoms with Gasteiger partial charge < -0.3 is 4.74 Å². The van der Waals surface area contributed by atoms with Gasteiger partial charge in [-0.15, -0.1) is 0 Å². The lowest BCUT2D eigenvalue weighted by Gasteiger charge is -2.17. The van der Waals surface area contributed by atoms with E-state index in [0.29, 0.717) is 17.4 Å². The van der Waals surface area contributed by atoms with Crippen LogP contribution in [-0.2, 0) is 4.79 Å². The van der Waals surface area contributed by atoms with Crippen molar-refractivity contribution < 1.29 is 13.9 Å². The minimum Gasteiger partial charge on any atom is -0.484 e. The van der Waals surface area contributed by atoms with E-state index in [0.717, 1.165) is 10.2 Å². The van der Waals surface area contributed by atoms with E-state index in [2.05, 4.69) is 4.98 Å². The first-order valence-electron chi connectivity index (χ1n) is 7.21. The Kier molecular flexibility index (Phi) is 4.52. The number of nitrogens with zero attached hydrogens (tertiary/aromatic N) is 2. The van der Waals surface area contributed by atoms with Crippen molar-refractivity contribution >= 4 is 32.6 Å². The number of carbonyl (C=O) groups is 1. The SMILES string of the molecule is CCN(C(=O)COc1ccc(F)cc1)c1nc2ccccc2s1. The zero-order valence-electron chi connectivity index (χ0n) is 12.5. The van der Waals surface area contributed by atoms with E-state index in [1.807, 2.05) is 31.2 Å². The van der Waals surface area contributed by atoms with Crippen LogP contribution in [0.5, 0.6) is 5.75 Å². The summed E-state index contributed by atoms with van der Waals surface area (Å²) in [5, 5.41) is 0.654. The second-order valence-electron chi connectivity index (χ2n) is 4.84. The van der Waals surface area contributed by atoms with Crippen LogP contribution in [0, 0.1) is 5.82 Å². The van der Waals surface area contributed by atoms with Gasteiger partial charge in [-0.2, -0.15) is 0 Å². The fourth-order valence-electron chi connectivity index (χ4n) is 2.15. The van der Waals surface area contributed by atoms with Crippen LogP contribution in [0.15, 0.2) is 48.5 Å². The van der Waals surface area contributed by atoms with E-state index in [4.69, 9.17) is 4.74 Å². The zero-order valence-corrected chi connectivity index (χ0v) is 13.3. The van der Waals surface area contributed by atoms with Gasteiger partial charge in [-0.05, 0) is 43.3 Å². The first-order valence-corrected chi connectivity index (χ1v) is 8.03. The highest BCUT2D eigenvalue weighted by Crippen LogP contribution is 2.28. The number of amides is 1. The number of para-hydroxylation sites is 1. The maximum atomic E-state index is 12.9. The van der Waals surface area contributed by atoms with Crippen molar-refractivity contribution in [2.75, 3.05) is 18.1 Å². The third-order valence-electron chi connectivity index (χ3n) is 3.31. The van der Waals surface area contributed by atoms with E-state index in [1.54, 1.807) is 4.90 Å². The number of thiazole rings is 1. The number of aromatic nitrogens is 1. The molecule has 0 bridgehead atoms. The van der Waals surface area contributed by atoms with Gasteiger partial charge in [0.15, 0.2) is 11.7 Å². The Hall–Kier alpha value is -2.47. The monoisotopic (exact) mass is 330 g/mol. The number of hydrogen-bond acceptors (Lipinski definition) is 4. The molecule has 0 N–H and O–H groups in total. The van der Waals surface area contributed by atoms with Crippen LogP contribution in [-0.4, -0.2) is 24.0 Å². The molecular formula is C17H15FN2O2S. The van der Waals surface area contributed by atoms with E-state index >= 15 is 0 Å². The maximum Gasteiger partial charge on any atom is 0.266 e. The lowest BCUT2D eigenvalue weighted by molar-refractivity contribution is -0.120. The molecule has 3 rings (SSSR count). The predicted molar refractivity (Wildman–Crippen MR) is 89.5 cm³/mol. The van der Waals surface area contributed by atoms with Gasteiger partial charge in [-0.3, -0.25) is 9.69 Å². The Balaban J connectivity index is 1.72. The fourth-order valence-corrected chi connectivity index (χ4v) is 3.19. The average Bonchev–Trinajstić information content (AvgIpc) is 2.98. The van der Waals surface area contributed by atoms with Crippen molar-refractivity contribution in [2.24, 2.45) is 0 Å². The molecule has 4 nitrogen and oxygen atoms in total. The largest absolute Gasteiger partial charge is 0.484 e. The summed E-state index contributed by atoms with van der Waals surface area (Å²) in [6, 6.07) is 13.3. The van der Waals surface area contributed by atoms with Gasteiger partial charge in [0.1, 0.15) is 11.6 Å². The number of halogens is 1. The molecule has 118 valence electrons. The molecule has 1 heterocycles. The van der Waals surface area contributed by atoms with Crippen molar-refractivity contribution in [3.63, 3.8) is 0 Å². The highest BCUT2D eigenvalue weighted by molar-refractivity contribution is 7.22. The highest BCUT2D eigenvalue weighted by Gasteiger charge is 2.18. The standard InChI is InChI=1S/C17H15FN2O2S/c1-2-20(17-19-14-5-3-4-6-15(14)23-17)16(21)11-22-13-9-7-12(18)8-10-13/h3-10H,2,11H2,1H3. The molecular weight excluding hydrogens is 315 g/mol. The first kappa shape index (κ1) is 15.4. The van der Waals surface area contributed by atoms with Gasteiger partial charge >= 0.3 is 0 Å². The molecule has 0 saturated heterocycles. The molecule has 2 aromatic carbocycles. The van der Waals surface area contributed by atoms with E-state index < -0.39 is 0 Å². The second-order valence-corrected chi connectivity index (χ2v) is 5.85.